The van der Waals surface area contributed by atoms with Gasteiger partial charge in [0.05, 0.1) is 0 Å². The molecule has 0 saturated carbocycles. The Bertz CT molecular complexity index is 369. The van der Waals surface area contributed by atoms with E-state index < -0.39 is 5.97 Å². The van der Waals surface area contributed by atoms with Crippen molar-refractivity contribution in [3.63, 3.8) is 0 Å². The predicted octanol–water partition coefficient (Wildman–Crippen LogP) is 1.70. The number of para-hydroxylation sites is 1. The number of hydrogen-bond donors (Lipinski definition) is 1. The lowest BCUT2D eigenvalue weighted by atomic mass is 10.1. The van der Waals surface area contributed by atoms with Gasteiger partial charge in [-0.25, -0.2) is 4.79 Å². The maximum atomic E-state index is 11.3. The Balaban J connectivity index is 2.84. The van der Waals surface area contributed by atoms with Gasteiger partial charge in [0.25, 0.3) is 0 Å². The Labute approximate surface area is 89.0 Å². The van der Waals surface area contributed by atoms with Gasteiger partial charge < -0.3 is 9.84 Å². The van der Waals surface area contributed by atoms with Crippen LogP contribution >= 0.6 is 0 Å². The second kappa shape index (κ2) is 5.32. The first-order chi connectivity index (χ1) is 7.15. The van der Waals surface area contributed by atoms with Gasteiger partial charge in [0.1, 0.15) is 5.75 Å². The molecule has 0 unspecified atom stereocenters. The summed E-state index contributed by atoms with van der Waals surface area (Å²) in [7, 11) is 0. The molecule has 1 aromatic rings. The minimum atomic E-state index is -0.444. The van der Waals surface area contributed by atoms with Crippen molar-refractivity contribution >= 4 is 5.97 Å². The molecular weight excluding hydrogens is 192 g/mol. The number of esters is 1. The quantitative estimate of drug-likeness (QED) is 0.463. The van der Waals surface area contributed by atoms with Crippen LogP contribution in [-0.4, -0.2) is 17.7 Å². The summed E-state index contributed by atoms with van der Waals surface area (Å²) in [5, 5.41) is 8.83. The molecule has 0 aliphatic rings. The first-order valence-electron chi connectivity index (χ1n) is 4.71. The van der Waals surface area contributed by atoms with Crippen LogP contribution < -0.4 is 4.74 Å². The third-order valence-electron chi connectivity index (χ3n) is 1.90. The molecule has 0 aromatic heterocycles. The van der Waals surface area contributed by atoms with Gasteiger partial charge in [-0.1, -0.05) is 24.8 Å². The molecule has 3 nitrogen and oxygen atoms in total. The van der Waals surface area contributed by atoms with Crippen molar-refractivity contribution in [3.8, 4) is 5.75 Å². The summed E-state index contributed by atoms with van der Waals surface area (Å²) in [6.45, 7) is 5.13. The normalized spacial score (nSPS) is 9.73. The van der Waals surface area contributed by atoms with E-state index in [1.807, 2.05) is 12.1 Å². The first-order valence-corrected chi connectivity index (χ1v) is 4.71. The van der Waals surface area contributed by atoms with Crippen molar-refractivity contribution in [1.82, 2.24) is 0 Å². The topological polar surface area (TPSA) is 46.5 Å². The van der Waals surface area contributed by atoms with Crippen molar-refractivity contribution in [3.05, 3.63) is 42.0 Å². The average molecular weight is 206 g/mol. The Morgan fingerprint density at radius 1 is 1.47 bits per heavy atom. The van der Waals surface area contributed by atoms with Gasteiger partial charge in [0, 0.05) is 12.2 Å². The van der Waals surface area contributed by atoms with Gasteiger partial charge in [-0.2, -0.15) is 0 Å². The van der Waals surface area contributed by atoms with Crippen LogP contribution in [0.25, 0.3) is 0 Å². The van der Waals surface area contributed by atoms with Gasteiger partial charge in [-0.15, -0.1) is 0 Å². The molecular formula is C12H14O3. The van der Waals surface area contributed by atoms with Crippen LogP contribution in [0.2, 0.25) is 0 Å². The third kappa shape index (κ3) is 3.22. The molecule has 0 atom stereocenters. The number of benzene rings is 1. The fraction of sp³-hybridized carbons (Fsp3) is 0.250. The summed E-state index contributed by atoms with van der Waals surface area (Å²) in [6.07, 6.45) is 0.472. The molecule has 0 fully saturated rings. The second-order valence-electron chi connectivity index (χ2n) is 3.25. The lowest BCUT2D eigenvalue weighted by molar-refractivity contribution is -0.130. The fourth-order valence-corrected chi connectivity index (χ4v) is 1.12. The molecule has 0 radical (unpaired) electrons. The standard InChI is InChI=1S/C12H14O3/c1-9(2)12(14)15-11-6-4-3-5-10(11)7-8-13/h3-6,13H,1,7-8H2,2H3. The minimum Gasteiger partial charge on any atom is -0.423 e. The van der Waals surface area contributed by atoms with E-state index in [1.54, 1.807) is 19.1 Å². The lowest BCUT2D eigenvalue weighted by Gasteiger charge is -2.08. The number of aliphatic hydroxyl groups is 1. The van der Waals surface area contributed by atoms with E-state index in [-0.39, 0.29) is 6.61 Å². The molecule has 3 heteroatoms. The molecule has 0 aliphatic carbocycles. The van der Waals surface area contributed by atoms with E-state index in [4.69, 9.17) is 9.84 Å². The molecule has 0 amide bonds. The largest absolute Gasteiger partial charge is 0.423 e. The van der Waals surface area contributed by atoms with E-state index in [0.717, 1.165) is 5.56 Å². The molecule has 1 rings (SSSR count). The second-order valence-corrected chi connectivity index (χ2v) is 3.25. The number of carbonyl (C=O) groups is 1. The van der Waals surface area contributed by atoms with Crippen molar-refractivity contribution in [2.75, 3.05) is 6.61 Å². The predicted molar refractivity (Wildman–Crippen MR) is 57.7 cm³/mol. The highest BCUT2D eigenvalue weighted by molar-refractivity contribution is 5.88. The molecule has 0 heterocycles. The minimum absolute atomic E-state index is 0.0294. The van der Waals surface area contributed by atoms with Gasteiger partial charge in [0.2, 0.25) is 0 Å². The molecule has 80 valence electrons. The highest BCUT2D eigenvalue weighted by atomic mass is 16.5. The molecule has 0 aliphatic heterocycles. The summed E-state index contributed by atoms with van der Waals surface area (Å²) >= 11 is 0. The molecule has 0 bridgehead atoms. The maximum Gasteiger partial charge on any atom is 0.338 e. The molecule has 0 saturated heterocycles. The van der Waals surface area contributed by atoms with Gasteiger partial charge in [-0.05, 0) is 25.0 Å². The number of carbonyl (C=O) groups excluding carboxylic acids is 1. The number of ether oxygens (including phenoxy) is 1. The number of hydrogen-bond acceptors (Lipinski definition) is 3. The van der Waals surface area contributed by atoms with Crippen LogP contribution in [-0.2, 0) is 11.2 Å². The van der Waals surface area contributed by atoms with Crippen molar-refractivity contribution < 1.29 is 14.6 Å². The van der Waals surface area contributed by atoms with Gasteiger partial charge >= 0.3 is 5.97 Å². The number of rotatable bonds is 4. The SMILES string of the molecule is C=C(C)C(=O)Oc1ccccc1CCO. The Hall–Kier alpha value is -1.61. The third-order valence-corrected chi connectivity index (χ3v) is 1.90. The highest BCUT2D eigenvalue weighted by Gasteiger charge is 2.08. The van der Waals surface area contributed by atoms with Crippen molar-refractivity contribution in [1.29, 1.82) is 0 Å². The molecule has 15 heavy (non-hydrogen) atoms. The van der Waals surface area contributed by atoms with Crippen LogP contribution in [0.5, 0.6) is 5.75 Å². The van der Waals surface area contributed by atoms with E-state index >= 15 is 0 Å². The lowest BCUT2D eigenvalue weighted by Crippen LogP contribution is -2.10. The highest BCUT2D eigenvalue weighted by Crippen LogP contribution is 2.19. The van der Waals surface area contributed by atoms with E-state index in [9.17, 15) is 4.79 Å². The fourth-order valence-electron chi connectivity index (χ4n) is 1.12. The Morgan fingerprint density at radius 3 is 2.73 bits per heavy atom. The zero-order valence-corrected chi connectivity index (χ0v) is 8.69. The van der Waals surface area contributed by atoms with Gasteiger partial charge in [0.15, 0.2) is 0 Å². The summed E-state index contributed by atoms with van der Waals surface area (Å²) in [5.74, 6) is 0.0416. The van der Waals surface area contributed by atoms with Crippen LogP contribution in [0.15, 0.2) is 36.4 Å². The van der Waals surface area contributed by atoms with Crippen LogP contribution in [0.1, 0.15) is 12.5 Å². The first kappa shape index (κ1) is 11.5. The van der Waals surface area contributed by atoms with Gasteiger partial charge in [-0.3, -0.25) is 0 Å². The summed E-state index contributed by atoms with van der Waals surface area (Å²) in [5.41, 5.74) is 1.17. The zero-order valence-electron chi connectivity index (χ0n) is 8.69. The summed E-state index contributed by atoms with van der Waals surface area (Å²) in [6, 6.07) is 7.13. The molecule has 0 spiro atoms. The Kier molecular flexibility index (Phi) is 4.06. The zero-order chi connectivity index (χ0) is 11.3. The summed E-state index contributed by atoms with van der Waals surface area (Å²) < 4.78 is 5.11. The van der Waals surface area contributed by atoms with Crippen LogP contribution in [0, 0.1) is 0 Å². The maximum absolute atomic E-state index is 11.3. The average Bonchev–Trinajstić information content (AvgIpc) is 2.21. The van der Waals surface area contributed by atoms with Crippen molar-refractivity contribution in [2.24, 2.45) is 0 Å². The van der Waals surface area contributed by atoms with E-state index in [2.05, 4.69) is 6.58 Å². The number of aliphatic hydroxyl groups excluding tert-OH is 1. The monoisotopic (exact) mass is 206 g/mol. The van der Waals surface area contributed by atoms with Crippen molar-refractivity contribution in [2.45, 2.75) is 13.3 Å². The molecule has 1 aromatic carbocycles. The Morgan fingerprint density at radius 2 is 2.13 bits per heavy atom. The van der Waals surface area contributed by atoms with Crippen LogP contribution in [0.4, 0.5) is 0 Å². The van der Waals surface area contributed by atoms with E-state index in [1.165, 1.54) is 0 Å². The molecule has 1 N–H and O–H groups in total. The summed E-state index contributed by atoms with van der Waals surface area (Å²) in [4.78, 5) is 11.3. The van der Waals surface area contributed by atoms with Crippen LogP contribution in [0.3, 0.4) is 0 Å². The smallest absolute Gasteiger partial charge is 0.338 e. The van der Waals surface area contributed by atoms with E-state index in [0.29, 0.717) is 17.7 Å².